The Bertz CT molecular complexity index is 538. The first-order chi connectivity index (χ1) is 8.91. The Labute approximate surface area is 114 Å². The van der Waals surface area contributed by atoms with E-state index < -0.39 is 9.84 Å². The molecule has 0 spiro atoms. The Hall–Kier alpha value is -1.08. The highest BCUT2D eigenvalue weighted by molar-refractivity contribution is 7.91. The number of nitrogens with one attached hydrogen (secondary N) is 1. The molecule has 0 aromatic carbocycles. The van der Waals surface area contributed by atoms with Gasteiger partial charge < -0.3 is 14.6 Å². The van der Waals surface area contributed by atoms with Gasteiger partial charge in [-0.15, -0.1) is 0 Å². The van der Waals surface area contributed by atoms with E-state index in [1.54, 1.807) is 7.11 Å². The normalized spacial score (nSPS) is 23.4. The van der Waals surface area contributed by atoms with E-state index in [0.717, 1.165) is 11.6 Å². The lowest BCUT2D eigenvalue weighted by Crippen LogP contribution is -2.24. The van der Waals surface area contributed by atoms with Gasteiger partial charge >= 0.3 is 0 Å². The molecule has 1 saturated heterocycles. The van der Waals surface area contributed by atoms with Crippen LogP contribution in [0.3, 0.4) is 0 Å². The van der Waals surface area contributed by atoms with Crippen LogP contribution in [0.2, 0.25) is 0 Å². The second-order valence-electron chi connectivity index (χ2n) is 5.17. The summed E-state index contributed by atoms with van der Waals surface area (Å²) in [7, 11) is -1.24. The fourth-order valence-electron chi connectivity index (χ4n) is 2.41. The largest absolute Gasteiger partial charge is 0.383 e. The molecule has 0 radical (unpaired) electrons. The van der Waals surface area contributed by atoms with Crippen LogP contribution in [0.1, 0.15) is 25.1 Å². The van der Waals surface area contributed by atoms with Gasteiger partial charge in [-0.05, 0) is 20.3 Å². The molecule has 0 bridgehead atoms. The number of hydrogen-bond donors (Lipinski definition) is 1. The van der Waals surface area contributed by atoms with Crippen molar-refractivity contribution in [2.24, 2.45) is 0 Å². The predicted molar refractivity (Wildman–Crippen MR) is 74.2 cm³/mol. The van der Waals surface area contributed by atoms with Crippen molar-refractivity contribution < 1.29 is 13.2 Å². The summed E-state index contributed by atoms with van der Waals surface area (Å²) in [5.41, 5.74) is 0.886. The van der Waals surface area contributed by atoms with Crippen molar-refractivity contribution in [1.82, 2.24) is 9.55 Å². The Morgan fingerprint density at radius 3 is 2.95 bits per heavy atom. The molecular weight excluding hydrogens is 266 g/mol. The number of hydrogen-bond acceptors (Lipinski definition) is 5. The number of rotatable bonds is 5. The van der Waals surface area contributed by atoms with E-state index in [4.69, 9.17) is 4.74 Å². The SMILES string of the molecule is COCC(C)Nc1nc(C)cn1C1CCS(=O)(=O)C1. The molecule has 2 unspecified atom stereocenters. The number of aryl methyl sites for hydroxylation is 1. The molecule has 19 heavy (non-hydrogen) atoms. The highest BCUT2D eigenvalue weighted by atomic mass is 32.2. The summed E-state index contributed by atoms with van der Waals surface area (Å²) in [6.07, 6.45) is 2.57. The van der Waals surface area contributed by atoms with Crippen LogP contribution in [0.15, 0.2) is 6.20 Å². The van der Waals surface area contributed by atoms with E-state index in [1.165, 1.54) is 0 Å². The van der Waals surface area contributed by atoms with Gasteiger partial charge in [-0.1, -0.05) is 0 Å². The maximum absolute atomic E-state index is 11.6. The molecular formula is C12H21N3O3S. The minimum Gasteiger partial charge on any atom is -0.383 e. The first-order valence-electron chi connectivity index (χ1n) is 6.42. The third-order valence-electron chi connectivity index (χ3n) is 3.25. The molecule has 1 aliphatic heterocycles. The molecule has 0 aliphatic carbocycles. The number of anilines is 1. The monoisotopic (exact) mass is 287 g/mol. The standard InChI is InChI=1S/C12H21N3O3S/c1-9-6-15(11-4-5-19(16,17)8-11)12(13-9)14-10(2)7-18-3/h6,10-11H,4-5,7-8H2,1-3H3,(H,13,14). The lowest BCUT2D eigenvalue weighted by Gasteiger charge is -2.18. The van der Waals surface area contributed by atoms with E-state index in [-0.39, 0.29) is 23.6 Å². The van der Waals surface area contributed by atoms with E-state index in [0.29, 0.717) is 13.0 Å². The molecule has 1 aromatic rings. The number of sulfone groups is 1. The fraction of sp³-hybridized carbons (Fsp3) is 0.750. The lowest BCUT2D eigenvalue weighted by molar-refractivity contribution is 0.190. The topological polar surface area (TPSA) is 73.2 Å². The van der Waals surface area contributed by atoms with Crippen LogP contribution in [-0.2, 0) is 14.6 Å². The molecule has 2 rings (SSSR count). The second kappa shape index (κ2) is 5.50. The van der Waals surface area contributed by atoms with Gasteiger partial charge in [0.15, 0.2) is 9.84 Å². The summed E-state index contributed by atoms with van der Waals surface area (Å²) in [5.74, 6) is 1.20. The van der Waals surface area contributed by atoms with Gasteiger partial charge in [-0.25, -0.2) is 13.4 Å². The molecule has 2 heterocycles. The summed E-state index contributed by atoms with van der Waals surface area (Å²) in [5, 5.41) is 3.27. The minimum atomic E-state index is -2.89. The number of imidazole rings is 1. The molecule has 6 nitrogen and oxygen atoms in total. The number of aromatic nitrogens is 2. The Balaban J connectivity index is 2.17. The Kier molecular flexibility index (Phi) is 4.15. The van der Waals surface area contributed by atoms with E-state index in [9.17, 15) is 8.42 Å². The van der Waals surface area contributed by atoms with E-state index >= 15 is 0 Å². The van der Waals surface area contributed by atoms with Crippen LogP contribution in [0.25, 0.3) is 0 Å². The first-order valence-corrected chi connectivity index (χ1v) is 8.25. The molecule has 2 atom stereocenters. The molecule has 1 aliphatic rings. The van der Waals surface area contributed by atoms with Gasteiger partial charge in [-0.3, -0.25) is 0 Å². The summed E-state index contributed by atoms with van der Waals surface area (Å²) in [6.45, 7) is 4.49. The van der Waals surface area contributed by atoms with Gasteiger partial charge in [0.25, 0.3) is 0 Å². The van der Waals surface area contributed by atoms with Crippen molar-refractivity contribution in [3.05, 3.63) is 11.9 Å². The number of nitrogens with zero attached hydrogens (tertiary/aromatic N) is 2. The average molecular weight is 287 g/mol. The summed E-state index contributed by atoms with van der Waals surface area (Å²) < 4.78 is 30.2. The van der Waals surface area contributed by atoms with Crippen molar-refractivity contribution in [2.75, 3.05) is 30.5 Å². The molecule has 1 fully saturated rings. The zero-order valence-electron chi connectivity index (χ0n) is 11.6. The smallest absolute Gasteiger partial charge is 0.203 e. The zero-order valence-corrected chi connectivity index (χ0v) is 12.4. The number of ether oxygens (including phenoxy) is 1. The highest BCUT2D eigenvalue weighted by Crippen LogP contribution is 2.27. The van der Waals surface area contributed by atoms with Crippen molar-refractivity contribution in [1.29, 1.82) is 0 Å². The van der Waals surface area contributed by atoms with Gasteiger partial charge in [-0.2, -0.15) is 0 Å². The van der Waals surface area contributed by atoms with Gasteiger partial charge in [0.05, 0.1) is 29.8 Å². The molecule has 0 amide bonds. The predicted octanol–water partition coefficient (Wildman–Crippen LogP) is 0.998. The van der Waals surface area contributed by atoms with Crippen LogP contribution >= 0.6 is 0 Å². The van der Waals surface area contributed by atoms with E-state index in [2.05, 4.69) is 10.3 Å². The van der Waals surface area contributed by atoms with Gasteiger partial charge in [0.1, 0.15) is 0 Å². The van der Waals surface area contributed by atoms with Crippen molar-refractivity contribution in [2.45, 2.75) is 32.4 Å². The fourth-order valence-corrected chi connectivity index (χ4v) is 4.12. The van der Waals surface area contributed by atoms with Crippen LogP contribution in [-0.4, -0.2) is 49.2 Å². The van der Waals surface area contributed by atoms with Crippen LogP contribution in [0.5, 0.6) is 0 Å². The quantitative estimate of drug-likeness (QED) is 0.874. The Morgan fingerprint density at radius 1 is 1.63 bits per heavy atom. The van der Waals surface area contributed by atoms with Crippen molar-refractivity contribution in [3.63, 3.8) is 0 Å². The second-order valence-corrected chi connectivity index (χ2v) is 7.40. The van der Waals surface area contributed by atoms with Crippen LogP contribution in [0.4, 0.5) is 5.95 Å². The molecule has 108 valence electrons. The summed E-state index contributed by atoms with van der Waals surface area (Å²) >= 11 is 0. The highest BCUT2D eigenvalue weighted by Gasteiger charge is 2.30. The zero-order chi connectivity index (χ0) is 14.0. The number of methoxy groups -OCH3 is 1. The third kappa shape index (κ3) is 3.48. The van der Waals surface area contributed by atoms with Crippen molar-refractivity contribution in [3.8, 4) is 0 Å². The molecule has 7 heteroatoms. The van der Waals surface area contributed by atoms with Crippen LogP contribution < -0.4 is 5.32 Å². The van der Waals surface area contributed by atoms with Crippen molar-refractivity contribution >= 4 is 15.8 Å². The third-order valence-corrected chi connectivity index (χ3v) is 5.00. The van der Waals surface area contributed by atoms with Gasteiger partial charge in [0, 0.05) is 19.3 Å². The summed E-state index contributed by atoms with van der Waals surface area (Å²) in [4.78, 5) is 4.43. The Morgan fingerprint density at radius 2 is 2.37 bits per heavy atom. The minimum absolute atomic E-state index is 0.0107. The first kappa shape index (κ1) is 14.3. The maximum Gasteiger partial charge on any atom is 0.203 e. The van der Waals surface area contributed by atoms with Gasteiger partial charge in [0.2, 0.25) is 5.95 Å². The maximum atomic E-state index is 11.6. The van der Waals surface area contributed by atoms with E-state index in [1.807, 2.05) is 24.6 Å². The summed E-state index contributed by atoms with van der Waals surface area (Å²) in [6, 6.07) is 0.118. The van der Waals surface area contributed by atoms with Crippen LogP contribution in [0, 0.1) is 6.92 Å². The lowest BCUT2D eigenvalue weighted by atomic mass is 10.2. The molecule has 1 aromatic heterocycles. The molecule has 1 N–H and O–H groups in total. The average Bonchev–Trinajstić information content (AvgIpc) is 2.82. The molecule has 0 saturated carbocycles.